The van der Waals surface area contributed by atoms with E-state index in [1.165, 1.54) is 0 Å². The van der Waals surface area contributed by atoms with Crippen LogP contribution in [0, 0.1) is 5.92 Å². The highest BCUT2D eigenvalue weighted by molar-refractivity contribution is 5.82. The maximum absolute atomic E-state index is 13.0. The number of carbonyl (C=O) groups excluding carboxylic acids is 1. The summed E-state index contributed by atoms with van der Waals surface area (Å²) in [6.07, 6.45) is 0.416. The van der Waals surface area contributed by atoms with E-state index in [1.54, 1.807) is 6.07 Å². The van der Waals surface area contributed by atoms with E-state index in [0.29, 0.717) is 37.1 Å². The molecule has 134 valence electrons. The van der Waals surface area contributed by atoms with Gasteiger partial charge < -0.3 is 18.9 Å². The van der Waals surface area contributed by atoms with Gasteiger partial charge in [0.1, 0.15) is 6.61 Å². The van der Waals surface area contributed by atoms with E-state index in [0.717, 1.165) is 12.1 Å². The van der Waals surface area contributed by atoms with E-state index >= 15 is 0 Å². The SMILES string of the molecule is O=C(C1COc2ccccc2O1)N1CC2CC(C1)c1cccc(=O)n1C2. The summed E-state index contributed by atoms with van der Waals surface area (Å²) >= 11 is 0. The molecule has 3 aliphatic heterocycles. The minimum absolute atomic E-state index is 0.0269. The van der Waals surface area contributed by atoms with Gasteiger partial charge in [0.05, 0.1) is 0 Å². The smallest absolute Gasteiger partial charge is 0.267 e. The van der Waals surface area contributed by atoms with Crippen molar-refractivity contribution in [3.05, 3.63) is 58.5 Å². The topological polar surface area (TPSA) is 60.8 Å². The molecule has 1 saturated heterocycles. The minimum Gasteiger partial charge on any atom is -0.485 e. The molecular weight excluding hydrogens is 332 g/mol. The lowest BCUT2D eigenvalue weighted by molar-refractivity contribution is -0.144. The summed E-state index contributed by atoms with van der Waals surface area (Å²) in [6, 6.07) is 12.8. The van der Waals surface area contributed by atoms with Crippen LogP contribution in [0.25, 0.3) is 0 Å². The highest BCUT2D eigenvalue weighted by Crippen LogP contribution is 2.36. The summed E-state index contributed by atoms with van der Waals surface area (Å²) in [5, 5.41) is 0. The summed E-state index contributed by atoms with van der Waals surface area (Å²) in [4.78, 5) is 27.0. The molecule has 0 aliphatic carbocycles. The predicted molar refractivity (Wildman–Crippen MR) is 94.5 cm³/mol. The summed E-state index contributed by atoms with van der Waals surface area (Å²) in [5.41, 5.74) is 1.09. The quantitative estimate of drug-likeness (QED) is 0.783. The van der Waals surface area contributed by atoms with Crippen molar-refractivity contribution >= 4 is 5.91 Å². The van der Waals surface area contributed by atoms with Gasteiger partial charge in [0.2, 0.25) is 6.10 Å². The monoisotopic (exact) mass is 352 g/mol. The number of benzene rings is 1. The van der Waals surface area contributed by atoms with Gasteiger partial charge in [-0.2, -0.15) is 0 Å². The van der Waals surface area contributed by atoms with Crippen molar-refractivity contribution in [2.45, 2.75) is 25.0 Å². The van der Waals surface area contributed by atoms with Gasteiger partial charge in [-0.1, -0.05) is 18.2 Å². The van der Waals surface area contributed by atoms with Crippen molar-refractivity contribution in [1.29, 1.82) is 0 Å². The molecule has 1 amide bonds. The number of carbonyl (C=O) groups is 1. The first-order chi connectivity index (χ1) is 12.7. The van der Waals surface area contributed by atoms with Gasteiger partial charge in [0, 0.05) is 37.3 Å². The Hall–Kier alpha value is -2.76. The maximum Gasteiger partial charge on any atom is 0.267 e. The molecule has 0 radical (unpaired) electrons. The molecule has 0 N–H and O–H groups in total. The summed E-state index contributed by atoms with van der Waals surface area (Å²) < 4.78 is 13.5. The van der Waals surface area contributed by atoms with Crippen LogP contribution in [0.4, 0.5) is 0 Å². The van der Waals surface area contributed by atoms with Crippen LogP contribution in [0.2, 0.25) is 0 Å². The van der Waals surface area contributed by atoms with Crippen LogP contribution in [0.1, 0.15) is 18.0 Å². The van der Waals surface area contributed by atoms with Gasteiger partial charge in [0.25, 0.3) is 11.5 Å². The summed E-state index contributed by atoms with van der Waals surface area (Å²) in [6.45, 7) is 2.20. The number of ether oxygens (including phenoxy) is 2. The number of pyridine rings is 1. The van der Waals surface area contributed by atoms with E-state index in [9.17, 15) is 9.59 Å². The molecule has 1 aromatic carbocycles. The molecular formula is C20H20N2O4. The van der Waals surface area contributed by atoms with Crippen LogP contribution < -0.4 is 15.0 Å². The fourth-order valence-electron chi connectivity index (χ4n) is 4.42. The third kappa shape index (κ3) is 2.48. The molecule has 1 aromatic heterocycles. The van der Waals surface area contributed by atoms with E-state index in [-0.39, 0.29) is 24.0 Å². The Morgan fingerprint density at radius 2 is 1.85 bits per heavy atom. The Morgan fingerprint density at radius 3 is 2.73 bits per heavy atom. The molecule has 2 bridgehead atoms. The molecule has 5 rings (SSSR count). The Morgan fingerprint density at radius 1 is 1.00 bits per heavy atom. The average Bonchev–Trinajstić information content (AvgIpc) is 2.68. The number of para-hydroxylation sites is 2. The van der Waals surface area contributed by atoms with Gasteiger partial charge >= 0.3 is 0 Å². The highest BCUT2D eigenvalue weighted by Gasteiger charge is 2.39. The van der Waals surface area contributed by atoms with Crippen molar-refractivity contribution in [1.82, 2.24) is 9.47 Å². The molecule has 6 heteroatoms. The van der Waals surface area contributed by atoms with Crippen LogP contribution in [0.5, 0.6) is 11.5 Å². The van der Waals surface area contributed by atoms with Gasteiger partial charge in [-0.15, -0.1) is 0 Å². The van der Waals surface area contributed by atoms with E-state index in [2.05, 4.69) is 0 Å². The third-order valence-corrected chi connectivity index (χ3v) is 5.58. The fourth-order valence-corrected chi connectivity index (χ4v) is 4.42. The summed E-state index contributed by atoms with van der Waals surface area (Å²) in [7, 11) is 0. The lowest BCUT2D eigenvalue weighted by Crippen LogP contribution is -2.54. The molecule has 3 aliphatic rings. The van der Waals surface area contributed by atoms with Crippen LogP contribution in [-0.2, 0) is 11.3 Å². The second kappa shape index (κ2) is 5.90. The average molecular weight is 352 g/mol. The van der Waals surface area contributed by atoms with Crippen molar-refractivity contribution in [2.24, 2.45) is 5.92 Å². The zero-order valence-corrected chi connectivity index (χ0v) is 14.3. The highest BCUT2D eigenvalue weighted by atomic mass is 16.6. The van der Waals surface area contributed by atoms with Crippen molar-refractivity contribution in [3.8, 4) is 11.5 Å². The van der Waals surface area contributed by atoms with Crippen LogP contribution in [-0.4, -0.2) is 41.2 Å². The Kier molecular flexibility index (Phi) is 3.51. The van der Waals surface area contributed by atoms with Crippen LogP contribution in [0.3, 0.4) is 0 Å². The van der Waals surface area contributed by atoms with Gasteiger partial charge in [0.15, 0.2) is 11.5 Å². The Balaban J connectivity index is 1.36. The number of nitrogens with zero attached hydrogens (tertiary/aromatic N) is 2. The first-order valence-electron chi connectivity index (χ1n) is 9.06. The van der Waals surface area contributed by atoms with E-state index in [4.69, 9.17) is 9.47 Å². The number of aromatic nitrogens is 1. The molecule has 0 saturated carbocycles. The predicted octanol–water partition coefficient (Wildman–Crippen LogP) is 1.63. The first kappa shape index (κ1) is 15.5. The number of hydrogen-bond acceptors (Lipinski definition) is 4. The number of piperidine rings is 1. The van der Waals surface area contributed by atoms with Crippen molar-refractivity contribution in [2.75, 3.05) is 19.7 Å². The molecule has 4 heterocycles. The molecule has 1 fully saturated rings. The van der Waals surface area contributed by atoms with Crippen LogP contribution >= 0.6 is 0 Å². The molecule has 26 heavy (non-hydrogen) atoms. The number of amides is 1. The van der Waals surface area contributed by atoms with E-state index in [1.807, 2.05) is 45.9 Å². The minimum atomic E-state index is -0.610. The zero-order chi connectivity index (χ0) is 17.7. The standard InChI is InChI=1S/C20H20N2O4/c23-19-7-3-4-15-14-8-13(10-22(15)19)9-21(11-14)20(24)18-12-25-16-5-1-2-6-17(16)26-18/h1-7,13-14,18H,8-12H2. The number of hydrogen-bond donors (Lipinski definition) is 0. The number of likely N-dealkylation sites (tertiary alicyclic amines) is 1. The lowest BCUT2D eigenvalue weighted by Gasteiger charge is -2.43. The van der Waals surface area contributed by atoms with Gasteiger partial charge in [-0.05, 0) is 30.5 Å². The molecule has 3 atom stereocenters. The third-order valence-electron chi connectivity index (χ3n) is 5.58. The zero-order valence-electron chi connectivity index (χ0n) is 14.3. The fraction of sp³-hybridized carbons (Fsp3) is 0.400. The van der Waals surface area contributed by atoms with Crippen LogP contribution in [0.15, 0.2) is 47.3 Å². The molecule has 6 nitrogen and oxygen atoms in total. The van der Waals surface area contributed by atoms with Gasteiger partial charge in [-0.25, -0.2) is 0 Å². The molecule has 2 aromatic rings. The van der Waals surface area contributed by atoms with Gasteiger partial charge in [-0.3, -0.25) is 9.59 Å². The first-order valence-corrected chi connectivity index (χ1v) is 9.06. The second-order valence-electron chi connectivity index (χ2n) is 7.31. The second-order valence-corrected chi connectivity index (χ2v) is 7.31. The van der Waals surface area contributed by atoms with Crippen molar-refractivity contribution in [3.63, 3.8) is 0 Å². The normalized spacial score (nSPS) is 26.2. The number of fused-ring (bicyclic) bond motifs is 5. The Bertz CT molecular complexity index is 922. The largest absolute Gasteiger partial charge is 0.485 e. The molecule has 0 spiro atoms. The maximum atomic E-state index is 13.0. The van der Waals surface area contributed by atoms with Crippen molar-refractivity contribution < 1.29 is 14.3 Å². The lowest BCUT2D eigenvalue weighted by atomic mass is 9.83. The number of rotatable bonds is 1. The molecule has 3 unspecified atom stereocenters. The summed E-state index contributed by atoms with van der Waals surface area (Å²) in [5.74, 6) is 1.78. The van der Waals surface area contributed by atoms with E-state index < -0.39 is 6.10 Å². The Labute approximate surface area is 150 Å².